The van der Waals surface area contributed by atoms with Crippen LogP contribution in [0.5, 0.6) is 5.75 Å². The van der Waals surface area contributed by atoms with Crippen LogP contribution in [0.2, 0.25) is 0 Å². The van der Waals surface area contributed by atoms with Crippen molar-refractivity contribution in [2.75, 3.05) is 13.5 Å². The van der Waals surface area contributed by atoms with Crippen LogP contribution in [0.15, 0.2) is 18.2 Å². The van der Waals surface area contributed by atoms with Crippen molar-refractivity contribution in [2.45, 2.75) is 50.0 Å². The maximum Gasteiger partial charge on any atom is 0.115 e. The third-order valence-corrected chi connectivity index (χ3v) is 5.82. The molecule has 2 heteroatoms. The van der Waals surface area contributed by atoms with Gasteiger partial charge in [-0.25, -0.2) is 0 Å². The second-order valence-corrected chi connectivity index (χ2v) is 6.56. The van der Waals surface area contributed by atoms with Crippen molar-refractivity contribution in [3.05, 3.63) is 29.3 Å². The predicted molar refractivity (Wildman–Crippen MR) is 76.5 cm³/mol. The standard InChI is InChI=1S/C17H23NO/c1-18-9-8-17-7-3-2-4-14(17)16(18)10-12-5-6-13(19)11-15(12)17/h5-6,11,14,16,19H,2-4,7-10H2,1H3/t14?,16-,17-/m0/s1/i1D3. The summed E-state index contributed by atoms with van der Waals surface area (Å²) in [5.41, 5.74) is 2.64. The highest BCUT2D eigenvalue weighted by molar-refractivity contribution is 5.45. The number of benzene rings is 1. The molecular formula is C17H23NO. The van der Waals surface area contributed by atoms with Crippen molar-refractivity contribution in [1.82, 2.24) is 4.90 Å². The number of aromatic hydroxyl groups is 1. The molecule has 3 aliphatic rings. The van der Waals surface area contributed by atoms with Gasteiger partial charge >= 0.3 is 0 Å². The Hall–Kier alpha value is -1.02. The Kier molecular flexibility index (Phi) is 1.89. The largest absolute Gasteiger partial charge is 0.508 e. The summed E-state index contributed by atoms with van der Waals surface area (Å²) in [5, 5.41) is 9.95. The topological polar surface area (TPSA) is 23.5 Å². The summed E-state index contributed by atoms with van der Waals surface area (Å²) in [6, 6.07) is 5.83. The zero-order valence-electron chi connectivity index (χ0n) is 14.2. The first-order valence-corrected chi connectivity index (χ1v) is 7.51. The Morgan fingerprint density at radius 3 is 3.21 bits per heavy atom. The molecule has 2 bridgehead atoms. The summed E-state index contributed by atoms with van der Waals surface area (Å²) in [4.78, 5) is 1.77. The molecular weight excluding hydrogens is 234 g/mol. The monoisotopic (exact) mass is 260 g/mol. The summed E-state index contributed by atoms with van der Waals surface area (Å²) in [6.07, 6.45) is 6.38. The molecule has 1 aromatic carbocycles. The van der Waals surface area contributed by atoms with E-state index in [4.69, 9.17) is 4.11 Å². The van der Waals surface area contributed by atoms with Crippen LogP contribution >= 0.6 is 0 Å². The number of nitrogens with zero attached hydrogens (tertiary/aromatic N) is 1. The van der Waals surface area contributed by atoms with Crippen molar-refractivity contribution in [1.29, 1.82) is 0 Å². The van der Waals surface area contributed by atoms with Gasteiger partial charge in [-0.1, -0.05) is 18.9 Å². The zero-order valence-corrected chi connectivity index (χ0v) is 11.2. The van der Waals surface area contributed by atoms with Crippen LogP contribution in [0.4, 0.5) is 0 Å². The number of hydrogen-bond acceptors (Lipinski definition) is 2. The van der Waals surface area contributed by atoms with Crippen LogP contribution in [0, 0.1) is 5.92 Å². The lowest BCUT2D eigenvalue weighted by atomic mass is 9.52. The summed E-state index contributed by atoms with van der Waals surface area (Å²) < 4.78 is 23.7. The van der Waals surface area contributed by atoms with Crippen LogP contribution in [-0.2, 0) is 11.8 Å². The third kappa shape index (κ3) is 1.53. The first-order valence-electron chi connectivity index (χ1n) is 9.01. The van der Waals surface area contributed by atoms with Gasteiger partial charge in [-0.3, -0.25) is 0 Å². The molecule has 1 aromatic rings. The first kappa shape index (κ1) is 9.02. The van der Waals surface area contributed by atoms with E-state index in [0.717, 1.165) is 25.7 Å². The number of piperidine rings is 1. The molecule has 0 aromatic heterocycles. The zero-order chi connectivity index (χ0) is 15.5. The average Bonchev–Trinajstić information content (AvgIpc) is 2.47. The van der Waals surface area contributed by atoms with Crippen LogP contribution in [0.3, 0.4) is 0 Å². The molecule has 0 spiro atoms. The molecule has 1 N–H and O–H groups in total. The number of likely N-dealkylation sites (N-methyl/N-ethyl adjacent to an activating group) is 1. The normalized spacial score (nSPS) is 40.5. The summed E-state index contributed by atoms with van der Waals surface area (Å²) in [5.74, 6) is 0.763. The lowest BCUT2D eigenvalue weighted by molar-refractivity contribution is 0.00274. The van der Waals surface area contributed by atoms with E-state index in [1.807, 2.05) is 12.1 Å². The molecule has 1 aliphatic heterocycles. The van der Waals surface area contributed by atoms with E-state index >= 15 is 0 Å². The predicted octanol–water partition coefficient (Wildman–Crippen LogP) is 3.08. The fourth-order valence-corrected chi connectivity index (χ4v) is 4.99. The van der Waals surface area contributed by atoms with Crippen LogP contribution in [0.1, 0.15) is 47.3 Å². The number of likely N-dealkylation sites (tertiary alicyclic amines) is 1. The molecule has 3 atom stereocenters. The molecule has 19 heavy (non-hydrogen) atoms. The van der Waals surface area contributed by atoms with Crippen molar-refractivity contribution in [3.63, 3.8) is 0 Å². The van der Waals surface area contributed by atoms with E-state index in [1.165, 1.54) is 24.0 Å². The summed E-state index contributed by atoms with van der Waals surface area (Å²) in [7, 11) is 0. The maximum atomic E-state index is 9.95. The van der Waals surface area contributed by atoms with Gasteiger partial charge in [0.05, 0.1) is 0 Å². The molecule has 2 aliphatic carbocycles. The molecule has 2 nitrogen and oxygen atoms in total. The lowest BCUT2D eigenvalue weighted by Gasteiger charge is -2.58. The number of fused-ring (bicyclic) bond motifs is 1. The highest BCUT2D eigenvalue weighted by atomic mass is 16.3. The van der Waals surface area contributed by atoms with Gasteiger partial charge in [-0.2, -0.15) is 0 Å². The van der Waals surface area contributed by atoms with Gasteiger partial charge in [0.25, 0.3) is 0 Å². The number of phenolic OH excluding ortho intramolecular Hbond substituents is 1. The van der Waals surface area contributed by atoms with Crippen LogP contribution in [0.25, 0.3) is 0 Å². The quantitative estimate of drug-likeness (QED) is 0.775. The smallest absolute Gasteiger partial charge is 0.115 e. The molecule has 1 saturated heterocycles. The molecule has 0 radical (unpaired) electrons. The van der Waals surface area contributed by atoms with E-state index in [-0.39, 0.29) is 11.5 Å². The number of rotatable bonds is 0. The highest BCUT2D eigenvalue weighted by Gasteiger charge is 2.52. The van der Waals surface area contributed by atoms with Crippen molar-refractivity contribution >= 4 is 0 Å². The maximum absolute atomic E-state index is 9.95. The minimum atomic E-state index is -2.00. The van der Waals surface area contributed by atoms with E-state index < -0.39 is 6.98 Å². The van der Waals surface area contributed by atoms with E-state index in [0.29, 0.717) is 18.2 Å². The minimum absolute atomic E-state index is 0.0942. The molecule has 0 amide bonds. The van der Waals surface area contributed by atoms with Gasteiger partial charge in [0, 0.05) is 15.6 Å². The Labute approximate surface area is 119 Å². The fraction of sp³-hybridized carbons (Fsp3) is 0.647. The molecule has 4 rings (SSSR count). The average molecular weight is 260 g/mol. The molecule has 2 fully saturated rings. The Balaban J connectivity index is 1.85. The highest BCUT2D eigenvalue weighted by Crippen LogP contribution is 2.55. The fourth-order valence-electron chi connectivity index (χ4n) is 4.99. The van der Waals surface area contributed by atoms with Gasteiger partial charge < -0.3 is 10.0 Å². The van der Waals surface area contributed by atoms with Crippen LogP contribution in [-0.4, -0.2) is 29.6 Å². The first-order chi connectivity index (χ1) is 10.4. The second-order valence-electron chi connectivity index (χ2n) is 6.56. The Morgan fingerprint density at radius 1 is 1.37 bits per heavy atom. The number of phenols is 1. The van der Waals surface area contributed by atoms with Crippen LogP contribution < -0.4 is 0 Å². The molecule has 1 unspecified atom stereocenters. The lowest BCUT2D eigenvalue weighted by Crippen LogP contribution is -2.59. The van der Waals surface area contributed by atoms with Gasteiger partial charge in [-0.05, 0) is 68.4 Å². The minimum Gasteiger partial charge on any atom is -0.508 e. The Bertz CT molecular complexity index is 600. The molecule has 1 heterocycles. The number of hydrogen-bond donors (Lipinski definition) is 1. The van der Waals surface area contributed by atoms with Gasteiger partial charge in [0.15, 0.2) is 0 Å². The van der Waals surface area contributed by atoms with E-state index in [1.54, 1.807) is 11.0 Å². The van der Waals surface area contributed by atoms with Gasteiger partial charge in [0.2, 0.25) is 0 Å². The molecule has 1 saturated carbocycles. The van der Waals surface area contributed by atoms with Crippen molar-refractivity contribution in [3.8, 4) is 5.75 Å². The second kappa shape index (κ2) is 3.99. The van der Waals surface area contributed by atoms with E-state index in [9.17, 15) is 5.11 Å². The van der Waals surface area contributed by atoms with Crippen molar-refractivity contribution in [2.24, 2.45) is 5.92 Å². The Morgan fingerprint density at radius 2 is 2.32 bits per heavy atom. The van der Waals surface area contributed by atoms with E-state index in [2.05, 4.69) is 0 Å². The SMILES string of the molecule is [2H]C([2H])([2H])N1CC[C@@]23CCCCC2[C@@H]1Cc1ccc(O)cc13. The van der Waals surface area contributed by atoms with Gasteiger partial charge in [0.1, 0.15) is 5.75 Å². The van der Waals surface area contributed by atoms with Crippen molar-refractivity contribution < 1.29 is 9.22 Å². The summed E-state index contributed by atoms with van der Waals surface area (Å²) in [6.45, 7) is -1.35. The van der Waals surface area contributed by atoms with Gasteiger partial charge in [-0.15, -0.1) is 0 Å². The third-order valence-electron chi connectivity index (χ3n) is 5.82. The molecule has 102 valence electrons. The summed E-state index contributed by atoms with van der Waals surface area (Å²) >= 11 is 0.